The fourth-order valence-corrected chi connectivity index (χ4v) is 7.10. The number of anilines is 2. The lowest BCUT2D eigenvalue weighted by Gasteiger charge is -2.11. The van der Waals surface area contributed by atoms with E-state index in [0.29, 0.717) is 33.4 Å². The Kier molecular flexibility index (Phi) is 12.1. The van der Waals surface area contributed by atoms with Gasteiger partial charge in [-0.1, -0.05) is 49.4 Å². The monoisotopic (exact) mass is 734 g/mol. The summed E-state index contributed by atoms with van der Waals surface area (Å²) in [5.74, 6) is -0.893. The highest BCUT2D eigenvalue weighted by molar-refractivity contribution is 7.93. The van der Waals surface area contributed by atoms with Gasteiger partial charge >= 0.3 is 0 Å². The Morgan fingerprint density at radius 2 is 0.980 bits per heavy atom. The van der Waals surface area contributed by atoms with E-state index in [1.807, 2.05) is 0 Å². The lowest BCUT2D eigenvalue weighted by atomic mass is 10.2. The number of halogens is 1. The summed E-state index contributed by atoms with van der Waals surface area (Å²) in [6.45, 7) is 0. The molecule has 0 unspecified atom stereocenters. The molecule has 0 bridgehead atoms. The molecule has 0 amide bonds. The van der Waals surface area contributed by atoms with Crippen LogP contribution in [0.4, 0.5) is 16.0 Å². The van der Waals surface area contributed by atoms with Crippen molar-refractivity contribution in [2.45, 2.75) is 24.6 Å². The Labute approximate surface area is 287 Å². The minimum atomic E-state index is -4.30. The van der Waals surface area contributed by atoms with Crippen molar-refractivity contribution in [3.63, 3.8) is 0 Å². The number of nitrogens with zero attached hydrogens (tertiary/aromatic N) is 2. The molecule has 4 aromatic carbocycles. The Morgan fingerprint density at radius 1 is 0.600 bits per heavy atom. The fraction of sp³-hybridized carbons (Fsp3) is 0.188. The number of nitrogens with one attached hydrogen (secondary N) is 2. The van der Waals surface area contributed by atoms with Gasteiger partial charge in [0, 0.05) is 0 Å². The van der Waals surface area contributed by atoms with E-state index in [0.717, 1.165) is 6.07 Å². The highest BCUT2D eigenvalue weighted by Gasteiger charge is 2.28. The Bertz CT molecular complexity index is 2160. The van der Waals surface area contributed by atoms with Crippen LogP contribution in [0.15, 0.2) is 91.6 Å². The number of fused-ring (bicyclic) bond motifs is 2. The number of methoxy groups -OCH3 is 4. The van der Waals surface area contributed by atoms with E-state index in [4.69, 9.17) is 28.0 Å². The van der Waals surface area contributed by atoms with Crippen molar-refractivity contribution in [3.8, 4) is 28.7 Å². The SMILES string of the molecule is C.C.COc1cccc(F)c1S(=O)(=O)Nc1noc2cccc(OC)c12.COc1cccc(O)c1S(=O)(=O)Nc1noc2cccc(OC)c12. The maximum Gasteiger partial charge on any atom is 0.270 e. The van der Waals surface area contributed by atoms with Crippen molar-refractivity contribution in [1.82, 2.24) is 10.3 Å². The third-order valence-corrected chi connectivity index (χ3v) is 9.49. The molecule has 50 heavy (non-hydrogen) atoms. The number of aromatic nitrogens is 2. The molecule has 0 atom stereocenters. The molecular weight excluding hydrogens is 700 g/mol. The standard InChI is InChI=1S/C15H13FN2O5S.C15H14N2O6S.2CH4/c1-21-10-6-4-7-11-13(10)15(17-23-11)18-24(19,20)14-9(16)5-3-8-12(14)22-2;1-21-10-6-4-7-11-13(10)15(16-23-11)17-24(19,20)14-9(18)5-3-8-12(14)22-2;;/h3-8H,1-2H3,(H,17,18);3-8,18H,1-2H3,(H,16,17);2*1H4. The van der Waals surface area contributed by atoms with E-state index < -0.39 is 41.4 Å². The van der Waals surface area contributed by atoms with E-state index in [9.17, 15) is 26.3 Å². The highest BCUT2D eigenvalue weighted by atomic mass is 32.2. The van der Waals surface area contributed by atoms with Crippen molar-refractivity contribution in [2.75, 3.05) is 37.9 Å². The van der Waals surface area contributed by atoms with Crippen LogP contribution in [0.1, 0.15) is 14.9 Å². The Morgan fingerprint density at radius 3 is 1.44 bits per heavy atom. The van der Waals surface area contributed by atoms with Crippen LogP contribution >= 0.6 is 0 Å². The average molecular weight is 735 g/mol. The van der Waals surface area contributed by atoms with Crippen LogP contribution < -0.4 is 28.4 Å². The summed E-state index contributed by atoms with van der Waals surface area (Å²) in [6, 6.07) is 17.7. The number of phenolic OH excluding ortho intramolecular Hbond substituents is 1. The molecule has 0 aliphatic carbocycles. The van der Waals surface area contributed by atoms with Gasteiger partial charge < -0.3 is 33.1 Å². The zero-order valence-electron chi connectivity index (χ0n) is 25.5. The quantitative estimate of drug-likeness (QED) is 0.140. The first-order valence-electron chi connectivity index (χ1n) is 13.5. The molecule has 0 spiro atoms. The fourth-order valence-electron chi connectivity index (χ4n) is 4.60. The summed E-state index contributed by atoms with van der Waals surface area (Å²) in [5.41, 5.74) is 0.684. The first-order valence-corrected chi connectivity index (χ1v) is 16.5. The Balaban J connectivity index is 0.000000260. The van der Waals surface area contributed by atoms with Crippen LogP contribution in [0.5, 0.6) is 28.7 Å². The average Bonchev–Trinajstić information content (AvgIpc) is 3.67. The summed E-state index contributed by atoms with van der Waals surface area (Å²) in [7, 11) is -3.04. The number of phenols is 1. The highest BCUT2D eigenvalue weighted by Crippen LogP contribution is 2.37. The zero-order chi connectivity index (χ0) is 34.6. The maximum atomic E-state index is 14.1. The number of rotatable bonds is 10. The van der Waals surface area contributed by atoms with E-state index in [2.05, 4.69) is 19.8 Å². The molecule has 0 radical (unpaired) electrons. The zero-order valence-corrected chi connectivity index (χ0v) is 27.2. The van der Waals surface area contributed by atoms with Crippen LogP contribution in [-0.4, -0.2) is 60.7 Å². The second kappa shape index (κ2) is 15.6. The van der Waals surface area contributed by atoms with Crippen LogP contribution in [-0.2, 0) is 20.0 Å². The number of hydrogen-bond donors (Lipinski definition) is 3. The predicted molar refractivity (Wildman–Crippen MR) is 184 cm³/mol. The van der Waals surface area contributed by atoms with Gasteiger partial charge in [-0.15, -0.1) is 0 Å². The normalized spacial score (nSPS) is 11.0. The minimum absolute atomic E-state index is 0. The molecule has 0 saturated heterocycles. The molecule has 0 fully saturated rings. The molecule has 3 N–H and O–H groups in total. The van der Waals surface area contributed by atoms with Crippen LogP contribution in [0.25, 0.3) is 21.9 Å². The molecule has 268 valence electrons. The van der Waals surface area contributed by atoms with Gasteiger partial charge in [-0.2, -0.15) is 0 Å². The number of sulfonamides is 2. The van der Waals surface area contributed by atoms with Gasteiger partial charge in [0.15, 0.2) is 32.6 Å². The summed E-state index contributed by atoms with van der Waals surface area (Å²) in [6.07, 6.45) is 0. The van der Waals surface area contributed by atoms with Gasteiger partial charge in [-0.3, -0.25) is 9.44 Å². The van der Waals surface area contributed by atoms with E-state index >= 15 is 0 Å². The first kappa shape index (κ1) is 38.7. The van der Waals surface area contributed by atoms with Crippen LogP contribution in [0.2, 0.25) is 0 Å². The van der Waals surface area contributed by atoms with Crippen LogP contribution in [0, 0.1) is 5.82 Å². The topological polar surface area (TPSA) is 202 Å². The first-order chi connectivity index (χ1) is 22.9. The van der Waals surface area contributed by atoms with Crippen molar-refractivity contribution in [3.05, 3.63) is 78.6 Å². The third-order valence-electron chi connectivity index (χ3n) is 6.69. The molecule has 15 nitrogen and oxygen atoms in total. The van der Waals surface area contributed by atoms with Crippen LogP contribution in [0.3, 0.4) is 0 Å². The molecule has 0 saturated carbocycles. The minimum Gasteiger partial charge on any atom is -0.506 e. The van der Waals surface area contributed by atoms with Gasteiger partial charge in [-0.05, 0) is 48.5 Å². The number of aromatic hydroxyl groups is 1. The molecular formula is C32H35FN4O11S2. The maximum absolute atomic E-state index is 14.1. The van der Waals surface area contributed by atoms with Gasteiger partial charge in [0.2, 0.25) is 0 Å². The van der Waals surface area contributed by atoms with E-state index in [1.165, 1.54) is 58.8 Å². The molecule has 18 heteroatoms. The smallest absolute Gasteiger partial charge is 0.270 e. The molecule has 0 aliphatic rings. The Hall–Kier alpha value is -5.75. The molecule has 2 aromatic heterocycles. The van der Waals surface area contributed by atoms with Crippen molar-refractivity contribution < 1.29 is 54.3 Å². The van der Waals surface area contributed by atoms with Gasteiger partial charge in [0.25, 0.3) is 20.0 Å². The molecule has 6 aromatic rings. The molecule has 0 aliphatic heterocycles. The lowest BCUT2D eigenvalue weighted by molar-refractivity contribution is 0.388. The van der Waals surface area contributed by atoms with Crippen molar-refractivity contribution in [1.29, 1.82) is 0 Å². The van der Waals surface area contributed by atoms with Crippen molar-refractivity contribution in [2.24, 2.45) is 0 Å². The second-order valence-corrected chi connectivity index (χ2v) is 12.8. The summed E-state index contributed by atoms with van der Waals surface area (Å²) in [4.78, 5) is -1.00. The molecule has 6 rings (SSSR count). The number of ether oxygens (including phenoxy) is 4. The van der Waals surface area contributed by atoms with Crippen molar-refractivity contribution >= 4 is 53.6 Å². The lowest BCUT2D eigenvalue weighted by Crippen LogP contribution is -2.16. The third kappa shape index (κ3) is 7.45. The molecule has 2 heterocycles. The summed E-state index contributed by atoms with van der Waals surface area (Å²) >= 11 is 0. The summed E-state index contributed by atoms with van der Waals surface area (Å²) < 4.78 is 99.6. The van der Waals surface area contributed by atoms with Gasteiger partial charge in [0.1, 0.15) is 45.3 Å². The van der Waals surface area contributed by atoms with E-state index in [1.54, 1.807) is 36.4 Å². The number of hydrogen-bond acceptors (Lipinski definition) is 13. The number of benzene rings is 4. The summed E-state index contributed by atoms with van der Waals surface area (Å²) in [5, 5.41) is 18.1. The van der Waals surface area contributed by atoms with E-state index in [-0.39, 0.29) is 38.0 Å². The predicted octanol–water partition coefficient (Wildman–Crippen LogP) is 6.41. The largest absolute Gasteiger partial charge is 0.506 e. The van der Waals surface area contributed by atoms with Gasteiger partial charge in [-0.25, -0.2) is 21.2 Å². The van der Waals surface area contributed by atoms with Gasteiger partial charge in [0.05, 0.1) is 28.4 Å². The second-order valence-electron chi connectivity index (χ2n) is 9.52.